The summed E-state index contributed by atoms with van der Waals surface area (Å²) in [6.45, 7) is 6.77. The van der Waals surface area contributed by atoms with Crippen LogP contribution in [0.1, 0.15) is 50.9 Å². The summed E-state index contributed by atoms with van der Waals surface area (Å²) < 4.78 is 2.41. The van der Waals surface area contributed by atoms with Crippen LogP contribution in [0.5, 0.6) is 0 Å². The SMILES string of the molecule is CC(C)Cn1cnc2c1C1(CCCC1)NCC2. The standard InChI is InChI=1S/C14H23N3/c1-11(2)9-17-10-15-12-5-8-16-14(13(12)17)6-3-4-7-14/h10-11,16H,3-9H2,1-2H3. The van der Waals surface area contributed by atoms with Crippen molar-refractivity contribution in [3.05, 3.63) is 17.7 Å². The molecule has 0 aromatic carbocycles. The van der Waals surface area contributed by atoms with Crippen LogP contribution in [0.2, 0.25) is 0 Å². The number of rotatable bonds is 2. The number of nitrogens with zero attached hydrogens (tertiary/aromatic N) is 2. The lowest BCUT2D eigenvalue weighted by Gasteiger charge is -2.36. The Morgan fingerprint density at radius 2 is 2.18 bits per heavy atom. The number of hydrogen-bond donors (Lipinski definition) is 1. The van der Waals surface area contributed by atoms with Crippen molar-refractivity contribution in [3.8, 4) is 0 Å². The average Bonchev–Trinajstić information content (AvgIpc) is 2.87. The smallest absolute Gasteiger partial charge is 0.0952 e. The summed E-state index contributed by atoms with van der Waals surface area (Å²) in [5.41, 5.74) is 3.13. The zero-order chi connectivity index (χ0) is 11.9. The molecule has 3 rings (SSSR count). The van der Waals surface area contributed by atoms with Crippen LogP contribution in [0.25, 0.3) is 0 Å². The van der Waals surface area contributed by atoms with Gasteiger partial charge in [0.2, 0.25) is 0 Å². The van der Waals surface area contributed by atoms with Gasteiger partial charge in [-0.05, 0) is 18.8 Å². The molecule has 1 fully saturated rings. The average molecular weight is 233 g/mol. The predicted molar refractivity (Wildman–Crippen MR) is 68.9 cm³/mol. The Morgan fingerprint density at radius 3 is 2.88 bits per heavy atom. The fraction of sp³-hybridized carbons (Fsp3) is 0.786. The van der Waals surface area contributed by atoms with E-state index in [1.165, 1.54) is 37.1 Å². The molecule has 1 aromatic heterocycles. The molecule has 3 nitrogen and oxygen atoms in total. The first-order valence-electron chi connectivity index (χ1n) is 7.01. The molecule has 3 heteroatoms. The maximum absolute atomic E-state index is 4.65. The van der Waals surface area contributed by atoms with Gasteiger partial charge in [0.15, 0.2) is 0 Å². The van der Waals surface area contributed by atoms with Gasteiger partial charge in [0, 0.05) is 19.5 Å². The van der Waals surface area contributed by atoms with Gasteiger partial charge in [0.05, 0.1) is 23.3 Å². The van der Waals surface area contributed by atoms with Gasteiger partial charge < -0.3 is 9.88 Å². The van der Waals surface area contributed by atoms with Crippen LogP contribution in [-0.2, 0) is 18.5 Å². The lowest BCUT2D eigenvalue weighted by Crippen LogP contribution is -2.46. The van der Waals surface area contributed by atoms with Gasteiger partial charge in [-0.15, -0.1) is 0 Å². The first kappa shape index (κ1) is 11.3. The molecule has 1 N–H and O–H groups in total. The second-order valence-electron chi connectivity index (χ2n) is 6.05. The number of hydrogen-bond acceptors (Lipinski definition) is 2. The van der Waals surface area contributed by atoms with E-state index in [9.17, 15) is 0 Å². The van der Waals surface area contributed by atoms with E-state index in [1.807, 2.05) is 0 Å². The van der Waals surface area contributed by atoms with Crippen LogP contribution in [0.4, 0.5) is 0 Å². The Morgan fingerprint density at radius 1 is 1.41 bits per heavy atom. The molecule has 1 aliphatic heterocycles. The zero-order valence-corrected chi connectivity index (χ0v) is 11.0. The molecule has 1 saturated carbocycles. The Kier molecular flexibility index (Phi) is 2.74. The first-order chi connectivity index (χ1) is 8.21. The predicted octanol–water partition coefficient (Wildman–Crippen LogP) is 2.45. The van der Waals surface area contributed by atoms with Gasteiger partial charge in [-0.3, -0.25) is 0 Å². The maximum Gasteiger partial charge on any atom is 0.0952 e. The van der Waals surface area contributed by atoms with Crippen molar-refractivity contribution < 1.29 is 0 Å². The fourth-order valence-corrected chi connectivity index (χ4v) is 3.59. The van der Waals surface area contributed by atoms with Gasteiger partial charge in [0.25, 0.3) is 0 Å². The third-order valence-electron chi connectivity index (χ3n) is 4.21. The summed E-state index contributed by atoms with van der Waals surface area (Å²) in [6, 6.07) is 0. The Balaban J connectivity index is 2.01. The molecular formula is C14H23N3. The molecule has 94 valence electrons. The molecular weight excluding hydrogens is 210 g/mol. The highest BCUT2D eigenvalue weighted by Gasteiger charge is 2.41. The molecule has 1 aliphatic carbocycles. The van der Waals surface area contributed by atoms with Gasteiger partial charge in [-0.1, -0.05) is 26.7 Å². The lowest BCUT2D eigenvalue weighted by atomic mass is 9.87. The molecule has 1 aromatic rings. The van der Waals surface area contributed by atoms with Crippen molar-refractivity contribution >= 4 is 0 Å². The van der Waals surface area contributed by atoms with Crippen LogP contribution in [0.15, 0.2) is 6.33 Å². The third-order valence-corrected chi connectivity index (χ3v) is 4.21. The largest absolute Gasteiger partial charge is 0.332 e. The van der Waals surface area contributed by atoms with Crippen molar-refractivity contribution in [2.24, 2.45) is 5.92 Å². The summed E-state index contributed by atoms with van der Waals surface area (Å²) in [5, 5.41) is 3.79. The van der Waals surface area contributed by atoms with Gasteiger partial charge in [-0.25, -0.2) is 4.98 Å². The van der Waals surface area contributed by atoms with E-state index in [0.29, 0.717) is 5.92 Å². The number of aromatic nitrogens is 2. The molecule has 0 amide bonds. The van der Waals surface area contributed by atoms with Gasteiger partial charge in [0.1, 0.15) is 0 Å². The quantitative estimate of drug-likeness (QED) is 0.850. The van der Waals surface area contributed by atoms with Crippen LogP contribution >= 0.6 is 0 Å². The summed E-state index contributed by atoms with van der Waals surface area (Å²) in [5.74, 6) is 0.689. The van der Waals surface area contributed by atoms with Crippen molar-refractivity contribution in [1.82, 2.24) is 14.9 Å². The minimum Gasteiger partial charge on any atom is -0.332 e. The number of fused-ring (bicyclic) bond motifs is 2. The van der Waals surface area contributed by atoms with E-state index in [2.05, 4.69) is 35.0 Å². The van der Waals surface area contributed by atoms with Crippen molar-refractivity contribution in [3.63, 3.8) is 0 Å². The van der Waals surface area contributed by atoms with Crippen LogP contribution in [0.3, 0.4) is 0 Å². The minimum absolute atomic E-state index is 0.263. The van der Waals surface area contributed by atoms with E-state index in [-0.39, 0.29) is 5.54 Å². The van der Waals surface area contributed by atoms with Gasteiger partial charge in [-0.2, -0.15) is 0 Å². The molecule has 0 unspecified atom stereocenters. The van der Waals surface area contributed by atoms with E-state index in [4.69, 9.17) is 0 Å². The van der Waals surface area contributed by atoms with E-state index in [0.717, 1.165) is 19.5 Å². The molecule has 2 aliphatic rings. The minimum atomic E-state index is 0.263. The van der Waals surface area contributed by atoms with E-state index >= 15 is 0 Å². The molecule has 1 spiro atoms. The monoisotopic (exact) mass is 233 g/mol. The molecule has 2 heterocycles. The topological polar surface area (TPSA) is 29.9 Å². The van der Waals surface area contributed by atoms with E-state index in [1.54, 1.807) is 0 Å². The van der Waals surface area contributed by atoms with E-state index < -0.39 is 0 Å². The van der Waals surface area contributed by atoms with Gasteiger partial charge >= 0.3 is 0 Å². The second-order valence-corrected chi connectivity index (χ2v) is 6.05. The highest BCUT2D eigenvalue weighted by molar-refractivity contribution is 5.28. The summed E-state index contributed by atoms with van der Waals surface area (Å²) in [7, 11) is 0. The number of nitrogens with one attached hydrogen (secondary N) is 1. The highest BCUT2D eigenvalue weighted by atomic mass is 15.1. The molecule has 0 saturated heterocycles. The van der Waals surface area contributed by atoms with Crippen molar-refractivity contribution in [1.29, 1.82) is 0 Å². The molecule has 17 heavy (non-hydrogen) atoms. The lowest BCUT2D eigenvalue weighted by molar-refractivity contribution is 0.296. The normalized spacial score (nSPS) is 22.3. The summed E-state index contributed by atoms with van der Waals surface area (Å²) in [6.07, 6.45) is 8.48. The zero-order valence-electron chi connectivity index (χ0n) is 11.0. The third kappa shape index (κ3) is 1.81. The first-order valence-corrected chi connectivity index (χ1v) is 7.01. The molecule has 0 bridgehead atoms. The van der Waals surface area contributed by atoms with Crippen molar-refractivity contribution in [2.75, 3.05) is 6.54 Å². The summed E-state index contributed by atoms with van der Waals surface area (Å²) in [4.78, 5) is 4.65. The molecule has 0 radical (unpaired) electrons. The Hall–Kier alpha value is -0.830. The van der Waals surface area contributed by atoms with Crippen LogP contribution in [-0.4, -0.2) is 16.1 Å². The maximum atomic E-state index is 4.65. The highest BCUT2D eigenvalue weighted by Crippen LogP contribution is 2.42. The van der Waals surface area contributed by atoms with Crippen LogP contribution < -0.4 is 5.32 Å². The Labute approximate surface area is 104 Å². The second kappa shape index (κ2) is 4.13. The van der Waals surface area contributed by atoms with Crippen molar-refractivity contribution in [2.45, 2.75) is 58.0 Å². The number of imidazole rings is 1. The summed E-state index contributed by atoms with van der Waals surface area (Å²) >= 11 is 0. The Bertz CT molecular complexity index is 400. The molecule has 0 atom stereocenters. The fourth-order valence-electron chi connectivity index (χ4n) is 3.59. The van der Waals surface area contributed by atoms with Crippen LogP contribution in [0, 0.1) is 5.92 Å².